The molecular formula is C24H32N2O4S. The number of methoxy groups -OCH3 is 2. The number of aryl methyl sites for hydroxylation is 1. The molecule has 1 N–H and O–H groups in total. The second kappa shape index (κ2) is 12.5. The van der Waals surface area contributed by atoms with Crippen molar-refractivity contribution in [3.8, 4) is 11.5 Å². The van der Waals surface area contributed by atoms with Gasteiger partial charge in [0.05, 0.1) is 26.5 Å². The maximum atomic E-state index is 12.7. The molecule has 1 saturated heterocycles. The van der Waals surface area contributed by atoms with Gasteiger partial charge in [-0.2, -0.15) is 0 Å². The van der Waals surface area contributed by atoms with E-state index in [2.05, 4.69) is 33.3 Å². The summed E-state index contributed by atoms with van der Waals surface area (Å²) in [6.07, 6.45) is 5.83. The molecule has 0 aliphatic carbocycles. The summed E-state index contributed by atoms with van der Waals surface area (Å²) in [6.45, 7) is 1.31. The number of anilines is 1. The highest BCUT2D eigenvalue weighted by Crippen LogP contribution is 2.30. The van der Waals surface area contributed by atoms with Gasteiger partial charge < -0.3 is 18.9 Å². The van der Waals surface area contributed by atoms with E-state index >= 15 is 0 Å². The van der Waals surface area contributed by atoms with Gasteiger partial charge in [-0.3, -0.25) is 4.79 Å². The molecule has 3 rings (SSSR count). The minimum absolute atomic E-state index is 0.128. The van der Waals surface area contributed by atoms with E-state index in [-0.39, 0.29) is 12.0 Å². The predicted octanol–water partition coefficient (Wildman–Crippen LogP) is 5.10. The molecule has 0 unspecified atom stereocenters. The monoisotopic (exact) mass is 444 g/mol. The molecule has 0 bridgehead atoms. The average molecular weight is 445 g/mol. The average Bonchev–Trinajstić information content (AvgIpc) is 2.83. The second-order valence-electron chi connectivity index (χ2n) is 7.56. The van der Waals surface area contributed by atoms with Gasteiger partial charge in [0.15, 0.2) is 0 Å². The first-order valence-electron chi connectivity index (χ1n) is 10.8. The SMILES string of the molecule is COc1cc(NSN2CCCC[C@H]2C(=O)OCCCCc2ccccc2)cc(OC)c1. The molecule has 0 aromatic heterocycles. The minimum Gasteiger partial charge on any atom is -0.497 e. The molecule has 1 fully saturated rings. The number of nitrogens with zero attached hydrogens (tertiary/aromatic N) is 1. The lowest BCUT2D eigenvalue weighted by Gasteiger charge is -2.32. The Balaban J connectivity index is 1.45. The molecule has 31 heavy (non-hydrogen) atoms. The van der Waals surface area contributed by atoms with E-state index in [0.717, 1.165) is 50.8 Å². The van der Waals surface area contributed by atoms with Crippen LogP contribution >= 0.6 is 12.1 Å². The summed E-state index contributed by atoms with van der Waals surface area (Å²) in [6, 6.07) is 15.8. The Kier molecular flexibility index (Phi) is 9.37. The summed E-state index contributed by atoms with van der Waals surface area (Å²) in [5.74, 6) is 1.30. The third-order valence-corrected chi connectivity index (χ3v) is 6.30. The topological polar surface area (TPSA) is 60.0 Å². The zero-order chi connectivity index (χ0) is 21.9. The smallest absolute Gasteiger partial charge is 0.324 e. The number of rotatable bonds is 11. The first kappa shape index (κ1) is 23.3. The largest absolute Gasteiger partial charge is 0.497 e. The molecule has 0 saturated carbocycles. The fraction of sp³-hybridized carbons (Fsp3) is 0.458. The highest BCUT2D eigenvalue weighted by Gasteiger charge is 2.30. The van der Waals surface area contributed by atoms with Crippen LogP contribution in [0.4, 0.5) is 5.69 Å². The maximum Gasteiger partial charge on any atom is 0.324 e. The van der Waals surface area contributed by atoms with E-state index in [1.165, 1.54) is 17.7 Å². The number of hydrogen-bond acceptors (Lipinski definition) is 7. The summed E-state index contributed by atoms with van der Waals surface area (Å²) in [4.78, 5) is 12.7. The number of benzene rings is 2. The molecule has 6 nitrogen and oxygen atoms in total. The van der Waals surface area contributed by atoms with Crippen molar-refractivity contribution in [2.24, 2.45) is 0 Å². The fourth-order valence-corrected chi connectivity index (χ4v) is 4.45. The van der Waals surface area contributed by atoms with Crippen LogP contribution in [0.15, 0.2) is 48.5 Å². The van der Waals surface area contributed by atoms with Crippen molar-refractivity contribution < 1.29 is 19.0 Å². The number of hydrogen-bond donors (Lipinski definition) is 1. The van der Waals surface area contributed by atoms with Crippen molar-refractivity contribution in [1.82, 2.24) is 4.31 Å². The zero-order valence-electron chi connectivity index (χ0n) is 18.3. The zero-order valence-corrected chi connectivity index (χ0v) is 19.2. The molecular weight excluding hydrogens is 412 g/mol. The first-order valence-corrected chi connectivity index (χ1v) is 11.6. The van der Waals surface area contributed by atoms with Crippen molar-refractivity contribution in [3.63, 3.8) is 0 Å². The summed E-state index contributed by atoms with van der Waals surface area (Å²) < 4.78 is 21.7. The van der Waals surface area contributed by atoms with Crippen LogP contribution in [-0.2, 0) is 16.0 Å². The lowest BCUT2D eigenvalue weighted by atomic mass is 10.1. The van der Waals surface area contributed by atoms with Gasteiger partial charge >= 0.3 is 5.97 Å². The Bertz CT molecular complexity index is 796. The van der Waals surface area contributed by atoms with E-state index in [4.69, 9.17) is 14.2 Å². The van der Waals surface area contributed by atoms with Gasteiger partial charge in [-0.05, 0) is 44.1 Å². The number of piperidine rings is 1. The highest BCUT2D eigenvalue weighted by atomic mass is 32.2. The molecule has 1 heterocycles. The van der Waals surface area contributed by atoms with Crippen molar-refractivity contribution in [2.75, 3.05) is 32.1 Å². The van der Waals surface area contributed by atoms with Gasteiger partial charge in [-0.1, -0.05) is 30.3 Å². The molecule has 2 aromatic carbocycles. The molecule has 1 aliphatic heterocycles. The molecule has 2 aromatic rings. The second-order valence-corrected chi connectivity index (χ2v) is 8.41. The van der Waals surface area contributed by atoms with Crippen molar-refractivity contribution in [3.05, 3.63) is 54.1 Å². The van der Waals surface area contributed by atoms with Crippen LogP contribution in [0.5, 0.6) is 11.5 Å². The Morgan fingerprint density at radius 3 is 2.52 bits per heavy atom. The Morgan fingerprint density at radius 1 is 1.06 bits per heavy atom. The quantitative estimate of drug-likeness (QED) is 0.294. The van der Waals surface area contributed by atoms with Gasteiger partial charge in [0, 0.05) is 36.9 Å². The van der Waals surface area contributed by atoms with E-state index in [1.54, 1.807) is 14.2 Å². The first-order chi connectivity index (χ1) is 15.2. The number of carbonyl (C=O) groups is 1. The molecule has 168 valence electrons. The van der Waals surface area contributed by atoms with Crippen LogP contribution < -0.4 is 14.2 Å². The maximum absolute atomic E-state index is 12.7. The number of unbranched alkanes of at least 4 members (excludes halogenated alkanes) is 1. The summed E-state index contributed by atoms with van der Waals surface area (Å²) in [5, 5.41) is 0. The lowest BCUT2D eigenvalue weighted by Crippen LogP contribution is -2.42. The predicted molar refractivity (Wildman–Crippen MR) is 125 cm³/mol. The third kappa shape index (κ3) is 7.36. The molecule has 0 spiro atoms. The normalized spacial score (nSPS) is 16.5. The fourth-order valence-electron chi connectivity index (χ4n) is 3.57. The van der Waals surface area contributed by atoms with Crippen molar-refractivity contribution >= 4 is 23.8 Å². The van der Waals surface area contributed by atoms with Crippen LogP contribution in [0.2, 0.25) is 0 Å². The summed E-state index contributed by atoms with van der Waals surface area (Å²) >= 11 is 1.44. The molecule has 0 radical (unpaired) electrons. The van der Waals surface area contributed by atoms with E-state index < -0.39 is 0 Å². The Hall–Kier alpha value is -2.38. The number of nitrogens with one attached hydrogen (secondary N) is 1. The van der Waals surface area contributed by atoms with Crippen molar-refractivity contribution in [2.45, 2.75) is 44.6 Å². The minimum atomic E-state index is -0.229. The summed E-state index contributed by atoms with van der Waals surface area (Å²) in [7, 11) is 3.25. The molecule has 1 atom stereocenters. The number of carbonyl (C=O) groups excluding carboxylic acids is 1. The number of ether oxygens (including phenoxy) is 3. The van der Waals surface area contributed by atoms with Gasteiger partial charge in [-0.15, -0.1) is 0 Å². The van der Waals surface area contributed by atoms with E-state index in [1.807, 2.05) is 24.3 Å². The number of esters is 1. The van der Waals surface area contributed by atoms with Crippen LogP contribution in [0.25, 0.3) is 0 Å². The van der Waals surface area contributed by atoms with Crippen molar-refractivity contribution in [1.29, 1.82) is 0 Å². The Labute approximate surface area is 189 Å². The van der Waals surface area contributed by atoms with E-state index in [9.17, 15) is 4.79 Å². The van der Waals surface area contributed by atoms with Gasteiger partial charge in [-0.25, -0.2) is 4.31 Å². The van der Waals surface area contributed by atoms with Gasteiger partial charge in [0.2, 0.25) is 0 Å². The van der Waals surface area contributed by atoms with Gasteiger partial charge in [0.1, 0.15) is 17.5 Å². The van der Waals surface area contributed by atoms with E-state index in [0.29, 0.717) is 18.1 Å². The van der Waals surface area contributed by atoms with Crippen LogP contribution in [0, 0.1) is 0 Å². The standard InChI is InChI=1S/C24H32N2O4S/c1-28-21-16-20(17-22(18-21)29-2)25-31-26-14-8-6-13-23(26)24(27)30-15-9-7-12-19-10-4-3-5-11-19/h3-5,10-11,16-18,23,25H,6-9,12-15H2,1-2H3/t23-/m0/s1. The molecule has 7 heteroatoms. The van der Waals surface area contributed by atoms with Gasteiger partial charge in [0.25, 0.3) is 0 Å². The Morgan fingerprint density at radius 2 is 1.81 bits per heavy atom. The van der Waals surface area contributed by atoms with Crippen LogP contribution in [0.1, 0.15) is 37.7 Å². The molecule has 1 aliphatic rings. The lowest BCUT2D eigenvalue weighted by molar-refractivity contribution is -0.149. The van der Waals surface area contributed by atoms with Crippen LogP contribution in [0.3, 0.4) is 0 Å². The van der Waals surface area contributed by atoms with Crippen LogP contribution in [-0.4, -0.2) is 43.7 Å². The summed E-state index contributed by atoms with van der Waals surface area (Å²) in [5.41, 5.74) is 2.18. The molecule has 0 amide bonds. The third-order valence-electron chi connectivity index (χ3n) is 5.30. The highest BCUT2D eigenvalue weighted by molar-refractivity contribution is 7.98.